The van der Waals surface area contributed by atoms with Gasteiger partial charge in [0.1, 0.15) is 11.6 Å². The molecular formula is C24H29FN4O3. The Morgan fingerprint density at radius 2 is 1.88 bits per heavy atom. The first-order valence-corrected chi connectivity index (χ1v) is 11.0. The van der Waals surface area contributed by atoms with Crippen molar-refractivity contribution in [3.63, 3.8) is 0 Å². The quantitative estimate of drug-likeness (QED) is 0.743. The Kier molecular flexibility index (Phi) is 6.90. The van der Waals surface area contributed by atoms with Crippen LogP contribution in [0.4, 0.5) is 10.1 Å². The molecule has 2 aromatic carbocycles. The van der Waals surface area contributed by atoms with Gasteiger partial charge in [0.2, 0.25) is 11.8 Å². The minimum Gasteiger partial charge on any atom is -0.497 e. The minimum absolute atomic E-state index is 0.0263. The van der Waals surface area contributed by atoms with Crippen LogP contribution in [-0.2, 0) is 16.1 Å². The number of amides is 2. The van der Waals surface area contributed by atoms with Crippen molar-refractivity contribution in [2.24, 2.45) is 0 Å². The second kappa shape index (κ2) is 9.99. The molecule has 0 unspecified atom stereocenters. The number of methoxy groups -OCH3 is 1. The van der Waals surface area contributed by atoms with Crippen molar-refractivity contribution in [3.8, 4) is 5.75 Å². The van der Waals surface area contributed by atoms with Gasteiger partial charge in [-0.25, -0.2) is 4.39 Å². The Bertz CT molecular complexity index is 962. The second-order valence-corrected chi connectivity index (χ2v) is 8.18. The van der Waals surface area contributed by atoms with E-state index in [0.29, 0.717) is 32.7 Å². The van der Waals surface area contributed by atoms with E-state index in [1.807, 2.05) is 40.1 Å². The predicted octanol–water partition coefficient (Wildman–Crippen LogP) is 1.87. The molecule has 4 rings (SSSR count). The van der Waals surface area contributed by atoms with Crippen molar-refractivity contribution < 1.29 is 18.7 Å². The topological polar surface area (TPSA) is 65.1 Å². The van der Waals surface area contributed by atoms with Gasteiger partial charge in [0.05, 0.1) is 19.6 Å². The first-order chi connectivity index (χ1) is 15.5. The fraction of sp³-hybridized carbons (Fsp3) is 0.417. The van der Waals surface area contributed by atoms with E-state index in [4.69, 9.17) is 4.74 Å². The summed E-state index contributed by atoms with van der Waals surface area (Å²) in [6.07, 6.45) is 0.125. The number of rotatable bonds is 6. The number of piperazine rings is 2. The number of nitrogens with zero attached hydrogens (tertiary/aromatic N) is 3. The summed E-state index contributed by atoms with van der Waals surface area (Å²) in [5.74, 6) is 0.339. The molecule has 8 heteroatoms. The number of carbonyl (C=O) groups excluding carboxylic acids is 2. The molecule has 32 heavy (non-hydrogen) atoms. The number of carbonyl (C=O) groups is 2. The Morgan fingerprint density at radius 3 is 2.62 bits per heavy atom. The molecule has 1 N–H and O–H groups in total. The third kappa shape index (κ3) is 5.19. The number of hydrogen-bond acceptors (Lipinski definition) is 5. The van der Waals surface area contributed by atoms with E-state index >= 15 is 0 Å². The van der Waals surface area contributed by atoms with Gasteiger partial charge in [-0.1, -0.05) is 18.2 Å². The second-order valence-electron chi connectivity index (χ2n) is 8.18. The fourth-order valence-corrected chi connectivity index (χ4v) is 4.36. The molecule has 0 radical (unpaired) electrons. The lowest BCUT2D eigenvalue weighted by Gasteiger charge is -2.39. The average molecular weight is 441 g/mol. The van der Waals surface area contributed by atoms with Crippen molar-refractivity contribution in [3.05, 3.63) is 59.9 Å². The molecule has 2 saturated heterocycles. The first kappa shape index (κ1) is 22.1. The molecule has 0 saturated carbocycles. The van der Waals surface area contributed by atoms with E-state index in [-0.39, 0.29) is 24.1 Å². The molecule has 2 aliphatic heterocycles. The predicted molar refractivity (Wildman–Crippen MR) is 120 cm³/mol. The van der Waals surface area contributed by atoms with E-state index < -0.39 is 6.04 Å². The number of halogens is 1. The fourth-order valence-electron chi connectivity index (χ4n) is 4.36. The highest BCUT2D eigenvalue weighted by Crippen LogP contribution is 2.23. The maximum atomic E-state index is 13.6. The Hall–Kier alpha value is -3.13. The van der Waals surface area contributed by atoms with Gasteiger partial charge in [0, 0.05) is 57.6 Å². The van der Waals surface area contributed by atoms with Gasteiger partial charge in [-0.05, 0) is 29.8 Å². The lowest BCUT2D eigenvalue weighted by atomic mass is 10.1. The molecule has 2 aliphatic rings. The zero-order valence-electron chi connectivity index (χ0n) is 18.3. The van der Waals surface area contributed by atoms with Crippen molar-refractivity contribution in [2.45, 2.75) is 19.0 Å². The molecular weight excluding hydrogens is 411 g/mol. The molecule has 2 aromatic rings. The Morgan fingerprint density at radius 1 is 1.09 bits per heavy atom. The van der Waals surface area contributed by atoms with Gasteiger partial charge >= 0.3 is 0 Å². The number of ether oxygens (including phenoxy) is 1. The van der Waals surface area contributed by atoms with Crippen molar-refractivity contribution in [2.75, 3.05) is 51.3 Å². The van der Waals surface area contributed by atoms with Crippen LogP contribution in [0, 0.1) is 5.82 Å². The van der Waals surface area contributed by atoms with Gasteiger partial charge in [-0.15, -0.1) is 0 Å². The van der Waals surface area contributed by atoms with Crippen molar-refractivity contribution >= 4 is 17.5 Å². The highest BCUT2D eigenvalue weighted by Gasteiger charge is 2.33. The molecule has 0 bridgehead atoms. The van der Waals surface area contributed by atoms with Gasteiger partial charge in [0.15, 0.2) is 0 Å². The molecule has 1 atom stereocenters. The molecule has 0 aromatic heterocycles. The summed E-state index contributed by atoms with van der Waals surface area (Å²) in [4.78, 5) is 31.6. The van der Waals surface area contributed by atoms with Crippen LogP contribution in [0.15, 0.2) is 48.5 Å². The normalized spacial score (nSPS) is 19.6. The number of anilines is 1. The molecule has 2 fully saturated rings. The maximum Gasteiger partial charge on any atom is 0.237 e. The zero-order chi connectivity index (χ0) is 22.5. The third-order valence-electron chi connectivity index (χ3n) is 6.14. The highest BCUT2D eigenvalue weighted by atomic mass is 19.1. The molecule has 7 nitrogen and oxygen atoms in total. The summed E-state index contributed by atoms with van der Waals surface area (Å²) in [6.45, 7) is 4.25. The number of nitrogens with one attached hydrogen (secondary N) is 1. The summed E-state index contributed by atoms with van der Waals surface area (Å²) in [6, 6.07) is 13.7. The summed E-state index contributed by atoms with van der Waals surface area (Å²) in [5, 5.41) is 2.86. The molecule has 0 aliphatic carbocycles. The number of benzene rings is 2. The molecule has 2 heterocycles. The lowest BCUT2D eigenvalue weighted by molar-refractivity contribution is -0.139. The monoisotopic (exact) mass is 440 g/mol. The van der Waals surface area contributed by atoms with Gasteiger partial charge in [-0.3, -0.25) is 14.5 Å². The summed E-state index contributed by atoms with van der Waals surface area (Å²) in [7, 11) is 1.65. The van der Waals surface area contributed by atoms with Crippen LogP contribution < -0.4 is 15.0 Å². The van der Waals surface area contributed by atoms with Gasteiger partial charge in [0.25, 0.3) is 0 Å². The van der Waals surface area contributed by atoms with E-state index in [1.54, 1.807) is 13.2 Å². The van der Waals surface area contributed by atoms with Crippen LogP contribution in [0.5, 0.6) is 5.75 Å². The maximum absolute atomic E-state index is 13.6. The van der Waals surface area contributed by atoms with E-state index in [9.17, 15) is 14.0 Å². The number of hydrogen-bond donors (Lipinski definition) is 1. The van der Waals surface area contributed by atoms with E-state index in [2.05, 4.69) is 10.2 Å². The average Bonchev–Trinajstić information content (AvgIpc) is 2.81. The van der Waals surface area contributed by atoms with Crippen LogP contribution >= 0.6 is 0 Å². The van der Waals surface area contributed by atoms with Crippen LogP contribution in [0.3, 0.4) is 0 Å². The van der Waals surface area contributed by atoms with E-state index in [0.717, 1.165) is 30.1 Å². The first-order valence-electron chi connectivity index (χ1n) is 11.0. The smallest absolute Gasteiger partial charge is 0.237 e. The summed E-state index contributed by atoms with van der Waals surface area (Å²) in [5.41, 5.74) is 1.87. The third-order valence-corrected chi connectivity index (χ3v) is 6.14. The van der Waals surface area contributed by atoms with Crippen molar-refractivity contribution in [1.82, 2.24) is 15.1 Å². The SMILES string of the molecule is COc1cccc(N2CCN(C(=O)C[C@H]3C(=O)NCCN3Cc3cccc(F)c3)CC2)c1. The van der Waals surface area contributed by atoms with Gasteiger partial charge in [-0.2, -0.15) is 0 Å². The van der Waals surface area contributed by atoms with Crippen LogP contribution in [0.25, 0.3) is 0 Å². The molecule has 0 spiro atoms. The van der Waals surface area contributed by atoms with Crippen LogP contribution in [0.2, 0.25) is 0 Å². The zero-order valence-corrected chi connectivity index (χ0v) is 18.3. The van der Waals surface area contributed by atoms with Crippen LogP contribution in [-0.4, -0.2) is 74.0 Å². The lowest BCUT2D eigenvalue weighted by Crippen LogP contribution is -2.57. The van der Waals surface area contributed by atoms with E-state index in [1.165, 1.54) is 12.1 Å². The standard InChI is InChI=1S/C24H29FN4O3/c1-32-21-7-3-6-20(15-21)27-10-12-28(13-11-27)23(30)16-22-24(31)26-8-9-29(22)17-18-4-2-5-19(25)14-18/h2-7,14-15,22H,8-13,16-17H2,1H3,(H,26,31)/t22-/m0/s1. The Balaban J connectivity index is 1.36. The summed E-state index contributed by atoms with van der Waals surface area (Å²) >= 11 is 0. The molecule has 2 amide bonds. The Labute approximate surface area is 187 Å². The van der Waals surface area contributed by atoms with Crippen molar-refractivity contribution in [1.29, 1.82) is 0 Å². The highest BCUT2D eigenvalue weighted by molar-refractivity contribution is 5.89. The summed E-state index contributed by atoms with van der Waals surface area (Å²) < 4.78 is 18.9. The largest absolute Gasteiger partial charge is 0.497 e. The van der Waals surface area contributed by atoms with Gasteiger partial charge < -0.3 is 19.9 Å². The minimum atomic E-state index is -0.545. The molecule has 170 valence electrons. The van der Waals surface area contributed by atoms with Crippen LogP contribution in [0.1, 0.15) is 12.0 Å².